The minimum Gasteiger partial charge on any atom is -0.294 e. The molecule has 0 saturated carbocycles. The summed E-state index contributed by atoms with van der Waals surface area (Å²) in [6.45, 7) is 2.88. The second-order valence-corrected chi connectivity index (χ2v) is 7.51. The van der Waals surface area contributed by atoms with E-state index in [0.29, 0.717) is 25.1 Å². The highest BCUT2D eigenvalue weighted by Crippen LogP contribution is 2.23. The summed E-state index contributed by atoms with van der Waals surface area (Å²) in [6, 6.07) is 0. The lowest BCUT2D eigenvalue weighted by molar-refractivity contribution is 0.0941. The van der Waals surface area contributed by atoms with E-state index in [-0.39, 0.29) is 11.7 Å². The van der Waals surface area contributed by atoms with Crippen LogP contribution in [0.4, 0.5) is 0 Å². The highest BCUT2D eigenvalue weighted by atomic mass is 32.2. The molecule has 1 aliphatic rings. The SMILES string of the molecule is Cc1c(C(=O)CC2CCCN(S(C)(=O)=O)C2)cnn1C. The van der Waals surface area contributed by atoms with Crippen LogP contribution < -0.4 is 0 Å². The number of aryl methyl sites for hydroxylation is 1. The number of hydrogen-bond acceptors (Lipinski definition) is 4. The molecule has 1 aromatic rings. The number of carbonyl (C=O) groups excluding carboxylic acids is 1. The van der Waals surface area contributed by atoms with E-state index < -0.39 is 10.0 Å². The first-order valence-corrected chi connectivity index (χ1v) is 8.61. The zero-order valence-electron chi connectivity index (χ0n) is 12.2. The van der Waals surface area contributed by atoms with Crippen LogP contribution in [0.2, 0.25) is 0 Å². The van der Waals surface area contributed by atoms with Crippen LogP contribution in [-0.4, -0.2) is 47.6 Å². The summed E-state index contributed by atoms with van der Waals surface area (Å²) in [4.78, 5) is 12.3. The fraction of sp³-hybridized carbons (Fsp3) is 0.692. The lowest BCUT2D eigenvalue weighted by Gasteiger charge is -2.30. The Hall–Kier alpha value is -1.21. The standard InChI is InChI=1S/C13H21N3O3S/c1-10-12(8-14-15(10)2)13(17)7-11-5-4-6-16(9-11)20(3,18)19/h8,11H,4-7,9H2,1-3H3. The third-order valence-electron chi connectivity index (χ3n) is 3.96. The first-order valence-electron chi connectivity index (χ1n) is 6.76. The molecule has 112 valence electrons. The maximum absolute atomic E-state index is 12.3. The summed E-state index contributed by atoms with van der Waals surface area (Å²) >= 11 is 0. The van der Waals surface area contributed by atoms with Crippen LogP contribution >= 0.6 is 0 Å². The van der Waals surface area contributed by atoms with Gasteiger partial charge in [-0.2, -0.15) is 5.10 Å². The fourth-order valence-electron chi connectivity index (χ4n) is 2.64. The Balaban J connectivity index is 2.03. The Bertz CT molecular complexity index is 606. The normalized spacial score (nSPS) is 21.1. The van der Waals surface area contributed by atoms with E-state index in [2.05, 4.69) is 5.10 Å². The lowest BCUT2D eigenvalue weighted by Crippen LogP contribution is -2.39. The average Bonchev–Trinajstić information content (AvgIpc) is 2.69. The number of piperidine rings is 1. The van der Waals surface area contributed by atoms with Crippen LogP contribution in [0.25, 0.3) is 0 Å². The quantitative estimate of drug-likeness (QED) is 0.777. The first kappa shape index (κ1) is 15.2. The number of sulfonamides is 1. The van der Waals surface area contributed by atoms with Crippen LogP contribution in [0.3, 0.4) is 0 Å². The van der Waals surface area contributed by atoms with E-state index in [1.807, 2.05) is 6.92 Å². The van der Waals surface area contributed by atoms with E-state index >= 15 is 0 Å². The molecule has 1 atom stereocenters. The molecule has 6 nitrogen and oxygen atoms in total. The molecule has 1 unspecified atom stereocenters. The Morgan fingerprint density at radius 2 is 2.20 bits per heavy atom. The molecule has 0 N–H and O–H groups in total. The number of rotatable bonds is 4. The first-order chi connectivity index (χ1) is 9.29. The second-order valence-electron chi connectivity index (χ2n) is 5.52. The molecular weight excluding hydrogens is 278 g/mol. The molecule has 7 heteroatoms. The summed E-state index contributed by atoms with van der Waals surface area (Å²) in [7, 11) is -1.35. The van der Waals surface area contributed by atoms with Crippen molar-refractivity contribution in [3.05, 3.63) is 17.5 Å². The molecule has 0 bridgehead atoms. The van der Waals surface area contributed by atoms with Crippen LogP contribution in [-0.2, 0) is 17.1 Å². The van der Waals surface area contributed by atoms with E-state index in [1.54, 1.807) is 17.9 Å². The van der Waals surface area contributed by atoms with Crippen molar-refractivity contribution in [2.45, 2.75) is 26.2 Å². The summed E-state index contributed by atoms with van der Waals surface area (Å²) in [6.07, 6.45) is 4.92. The van der Waals surface area contributed by atoms with Gasteiger partial charge < -0.3 is 0 Å². The summed E-state index contributed by atoms with van der Waals surface area (Å²) in [5.74, 6) is 0.154. The Morgan fingerprint density at radius 1 is 1.50 bits per heavy atom. The van der Waals surface area contributed by atoms with Gasteiger partial charge in [0.25, 0.3) is 0 Å². The van der Waals surface area contributed by atoms with Gasteiger partial charge in [-0.05, 0) is 25.7 Å². The Kier molecular flexibility index (Phi) is 4.29. The van der Waals surface area contributed by atoms with Crippen molar-refractivity contribution in [1.82, 2.24) is 14.1 Å². The summed E-state index contributed by atoms with van der Waals surface area (Å²) in [5, 5.41) is 4.07. The molecule has 1 fully saturated rings. The number of carbonyl (C=O) groups is 1. The van der Waals surface area contributed by atoms with Crippen LogP contribution in [0.1, 0.15) is 35.3 Å². The van der Waals surface area contributed by atoms with Gasteiger partial charge in [-0.1, -0.05) is 0 Å². The monoisotopic (exact) mass is 299 g/mol. The van der Waals surface area contributed by atoms with Gasteiger partial charge in [-0.25, -0.2) is 12.7 Å². The average molecular weight is 299 g/mol. The predicted octanol–water partition coefficient (Wildman–Crippen LogP) is 0.973. The van der Waals surface area contributed by atoms with Crippen LogP contribution in [0.5, 0.6) is 0 Å². The van der Waals surface area contributed by atoms with Gasteiger partial charge in [0, 0.05) is 32.3 Å². The molecule has 1 aliphatic heterocycles. The molecule has 0 aromatic carbocycles. The van der Waals surface area contributed by atoms with E-state index in [1.165, 1.54) is 10.6 Å². The molecule has 0 amide bonds. The molecule has 0 radical (unpaired) electrons. The number of hydrogen-bond donors (Lipinski definition) is 0. The van der Waals surface area contributed by atoms with Gasteiger partial charge in [0.1, 0.15) is 0 Å². The predicted molar refractivity (Wildman–Crippen MR) is 76.0 cm³/mol. The topological polar surface area (TPSA) is 72.3 Å². The largest absolute Gasteiger partial charge is 0.294 e. The molecule has 1 saturated heterocycles. The smallest absolute Gasteiger partial charge is 0.211 e. The maximum Gasteiger partial charge on any atom is 0.211 e. The molecule has 20 heavy (non-hydrogen) atoms. The third kappa shape index (κ3) is 3.27. The van der Waals surface area contributed by atoms with Crippen molar-refractivity contribution < 1.29 is 13.2 Å². The molecular formula is C13H21N3O3S. The van der Waals surface area contributed by atoms with Crippen LogP contribution in [0, 0.1) is 12.8 Å². The van der Waals surface area contributed by atoms with Gasteiger partial charge in [-0.3, -0.25) is 9.48 Å². The van der Waals surface area contributed by atoms with Crippen LogP contribution in [0.15, 0.2) is 6.20 Å². The highest BCUT2D eigenvalue weighted by Gasteiger charge is 2.28. The Morgan fingerprint density at radius 3 is 2.75 bits per heavy atom. The fourth-order valence-corrected chi connectivity index (χ4v) is 3.58. The highest BCUT2D eigenvalue weighted by molar-refractivity contribution is 7.88. The van der Waals surface area contributed by atoms with Crippen molar-refractivity contribution in [2.24, 2.45) is 13.0 Å². The van der Waals surface area contributed by atoms with Gasteiger partial charge >= 0.3 is 0 Å². The minimum atomic E-state index is -3.16. The van der Waals surface area contributed by atoms with Gasteiger partial charge in [0.2, 0.25) is 10.0 Å². The van der Waals surface area contributed by atoms with E-state index in [0.717, 1.165) is 18.5 Å². The molecule has 2 rings (SSSR count). The lowest BCUT2D eigenvalue weighted by atomic mass is 9.92. The molecule has 0 aliphatic carbocycles. The second kappa shape index (κ2) is 5.65. The third-order valence-corrected chi connectivity index (χ3v) is 5.23. The van der Waals surface area contributed by atoms with Crippen molar-refractivity contribution >= 4 is 15.8 Å². The molecule has 1 aromatic heterocycles. The zero-order valence-corrected chi connectivity index (χ0v) is 13.0. The number of nitrogens with zero attached hydrogens (tertiary/aromatic N) is 3. The van der Waals surface area contributed by atoms with Crippen molar-refractivity contribution in [2.75, 3.05) is 19.3 Å². The van der Waals surface area contributed by atoms with E-state index in [9.17, 15) is 13.2 Å². The minimum absolute atomic E-state index is 0.0518. The number of aromatic nitrogens is 2. The molecule has 2 heterocycles. The van der Waals surface area contributed by atoms with Gasteiger partial charge in [0.05, 0.1) is 18.0 Å². The van der Waals surface area contributed by atoms with Gasteiger partial charge in [-0.15, -0.1) is 0 Å². The zero-order chi connectivity index (χ0) is 14.9. The van der Waals surface area contributed by atoms with Crippen molar-refractivity contribution in [3.8, 4) is 0 Å². The van der Waals surface area contributed by atoms with Gasteiger partial charge in [0.15, 0.2) is 5.78 Å². The van der Waals surface area contributed by atoms with Crippen molar-refractivity contribution in [1.29, 1.82) is 0 Å². The van der Waals surface area contributed by atoms with Crippen molar-refractivity contribution in [3.63, 3.8) is 0 Å². The molecule has 0 spiro atoms. The number of ketones is 1. The summed E-state index contributed by atoms with van der Waals surface area (Å²) in [5.41, 5.74) is 1.50. The van der Waals surface area contributed by atoms with E-state index in [4.69, 9.17) is 0 Å². The number of Topliss-reactive ketones (excluding diaryl/α,β-unsaturated/α-hetero) is 1. The maximum atomic E-state index is 12.3. The summed E-state index contributed by atoms with van der Waals surface area (Å²) < 4.78 is 26.3. The Labute approximate surface area is 119 Å².